The predicted octanol–water partition coefficient (Wildman–Crippen LogP) is 3.99. The van der Waals surface area contributed by atoms with Gasteiger partial charge in [0.1, 0.15) is 0 Å². The van der Waals surface area contributed by atoms with Gasteiger partial charge in [-0.3, -0.25) is 14.2 Å². The van der Waals surface area contributed by atoms with Crippen LogP contribution in [-0.2, 0) is 14.3 Å². The van der Waals surface area contributed by atoms with Crippen LogP contribution in [0.25, 0.3) is 6.08 Å². The third-order valence-corrected chi connectivity index (χ3v) is 7.53. The lowest BCUT2D eigenvalue weighted by atomic mass is 9.96. The average molecular weight is 653 g/mol. The first-order chi connectivity index (χ1) is 17.6. The molecule has 8 nitrogen and oxygen atoms in total. The van der Waals surface area contributed by atoms with Crippen LogP contribution in [0.1, 0.15) is 37.9 Å². The lowest BCUT2D eigenvalue weighted by molar-refractivity contribution is -0.139. The molecule has 0 N–H and O–H groups in total. The minimum Gasteiger partial charge on any atom is -0.493 e. The van der Waals surface area contributed by atoms with Gasteiger partial charge in [0.2, 0.25) is 0 Å². The van der Waals surface area contributed by atoms with Crippen molar-refractivity contribution < 1.29 is 23.8 Å². The van der Waals surface area contributed by atoms with E-state index >= 15 is 0 Å². The van der Waals surface area contributed by atoms with Gasteiger partial charge >= 0.3 is 11.9 Å². The predicted molar refractivity (Wildman–Crippen MR) is 149 cm³/mol. The Morgan fingerprint density at radius 2 is 1.95 bits per heavy atom. The van der Waals surface area contributed by atoms with E-state index in [-0.39, 0.29) is 12.2 Å². The van der Waals surface area contributed by atoms with Gasteiger partial charge < -0.3 is 14.2 Å². The molecule has 0 bridgehead atoms. The van der Waals surface area contributed by atoms with E-state index < -0.39 is 18.0 Å². The maximum Gasteiger partial charge on any atom is 0.338 e. The zero-order valence-electron chi connectivity index (χ0n) is 20.3. The smallest absolute Gasteiger partial charge is 0.338 e. The number of carbonyl (C=O) groups is 2. The van der Waals surface area contributed by atoms with Crippen molar-refractivity contribution in [3.8, 4) is 11.5 Å². The second-order valence-corrected chi connectivity index (χ2v) is 10.6. The summed E-state index contributed by atoms with van der Waals surface area (Å²) in [7, 11) is 1.47. The molecule has 1 aliphatic heterocycles. The summed E-state index contributed by atoms with van der Waals surface area (Å²) in [6.07, 6.45) is 1.72. The number of methoxy groups -OCH3 is 1. The van der Waals surface area contributed by atoms with Crippen molar-refractivity contribution >= 4 is 63.5 Å². The highest BCUT2D eigenvalue weighted by atomic mass is 127. The number of rotatable bonds is 6. The Bertz CT molecular complexity index is 1610. The van der Waals surface area contributed by atoms with E-state index in [1.54, 1.807) is 56.3 Å². The molecule has 1 atom stereocenters. The zero-order valence-corrected chi connectivity index (χ0v) is 24.1. The molecule has 11 heteroatoms. The van der Waals surface area contributed by atoms with E-state index in [2.05, 4.69) is 4.99 Å². The summed E-state index contributed by atoms with van der Waals surface area (Å²) in [6.45, 7) is 4.96. The summed E-state index contributed by atoms with van der Waals surface area (Å²) >= 11 is 9.35. The highest BCUT2D eigenvalue weighted by Crippen LogP contribution is 2.34. The second kappa shape index (κ2) is 11.2. The number of aromatic nitrogens is 1. The number of carbonyl (C=O) groups excluding carboxylic acids is 2. The van der Waals surface area contributed by atoms with Crippen molar-refractivity contribution in [3.63, 3.8) is 0 Å². The van der Waals surface area contributed by atoms with Gasteiger partial charge in [-0.2, -0.15) is 0 Å². The summed E-state index contributed by atoms with van der Waals surface area (Å²) in [6, 6.07) is 9.73. The Balaban J connectivity index is 1.91. The molecule has 37 heavy (non-hydrogen) atoms. The minimum atomic E-state index is -0.726. The van der Waals surface area contributed by atoms with E-state index in [0.717, 1.165) is 0 Å². The van der Waals surface area contributed by atoms with Gasteiger partial charge in [-0.05, 0) is 77.9 Å². The topological polar surface area (TPSA) is 96.2 Å². The number of ether oxygens (including phenoxy) is 3. The summed E-state index contributed by atoms with van der Waals surface area (Å²) in [5.74, 6) is -0.321. The van der Waals surface area contributed by atoms with Crippen LogP contribution in [0.3, 0.4) is 0 Å². The van der Waals surface area contributed by atoms with E-state index in [0.29, 0.717) is 51.8 Å². The molecule has 0 unspecified atom stereocenters. The van der Waals surface area contributed by atoms with Crippen LogP contribution in [0, 0.1) is 3.57 Å². The number of hydrogen-bond donors (Lipinski definition) is 0. The van der Waals surface area contributed by atoms with Crippen LogP contribution in [0.4, 0.5) is 0 Å². The summed E-state index contributed by atoms with van der Waals surface area (Å²) in [4.78, 5) is 43.2. The monoisotopic (exact) mass is 652 g/mol. The first-order valence-electron chi connectivity index (χ1n) is 11.2. The maximum absolute atomic E-state index is 13.7. The first-order valence-corrected chi connectivity index (χ1v) is 13.4. The molecule has 1 aliphatic rings. The molecular weight excluding hydrogens is 631 g/mol. The highest BCUT2D eigenvalue weighted by molar-refractivity contribution is 14.1. The number of allylic oxidation sites excluding steroid dienone is 1. The normalized spacial score (nSPS) is 15.2. The number of esters is 2. The van der Waals surface area contributed by atoms with Crippen molar-refractivity contribution in [1.82, 2.24) is 4.57 Å². The number of halogens is 2. The molecule has 0 spiro atoms. The third-order valence-electron chi connectivity index (χ3n) is 5.50. The average Bonchev–Trinajstić information content (AvgIpc) is 3.14. The van der Waals surface area contributed by atoms with Crippen molar-refractivity contribution in [1.29, 1.82) is 0 Å². The fraction of sp³-hybridized carbons (Fsp3) is 0.231. The Hall–Kier alpha value is -2.96. The minimum absolute atomic E-state index is 0.192. The van der Waals surface area contributed by atoms with Gasteiger partial charge in [-0.1, -0.05) is 35.1 Å². The highest BCUT2D eigenvalue weighted by Gasteiger charge is 2.33. The second-order valence-electron chi connectivity index (χ2n) is 7.98. The number of benzene rings is 2. The van der Waals surface area contributed by atoms with E-state index in [4.69, 9.17) is 25.8 Å². The molecule has 0 saturated carbocycles. The molecule has 0 fully saturated rings. The van der Waals surface area contributed by atoms with E-state index in [1.807, 2.05) is 22.6 Å². The van der Waals surface area contributed by atoms with Crippen LogP contribution in [0.5, 0.6) is 11.5 Å². The van der Waals surface area contributed by atoms with E-state index in [1.165, 1.54) is 29.9 Å². The quantitative estimate of drug-likeness (QED) is 0.227. The molecule has 3 aromatic rings. The number of nitrogens with zero attached hydrogens (tertiary/aromatic N) is 2. The summed E-state index contributed by atoms with van der Waals surface area (Å²) in [5.41, 5.74) is 1.84. The standard InChI is InChI=1S/C26H22ClIN2O6S/c1-5-35-25(33)21-13(2)29-26-30(22(21)16-6-8-17(27)9-7-16)24(32)20(37-26)12-15-10-18(28)23(36-14(3)31)19(11-15)34-4/h6-12,22H,5H2,1-4H3/b20-12-/t22-/m0/s1. The van der Waals surface area contributed by atoms with E-state index in [9.17, 15) is 14.4 Å². The number of thiazole rings is 1. The fourth-order valence-corrected chi connectivity index (χ4v) is 5.88. The number of hydrogen-bond acceptors (Lipinski definition) is 8. The molecular formula is C26H22ClIN2O6S. The summed E-state index contributed by atoms with van der Waals surface area (Å²) < 4.78 is 18.6. The molecule has 2 heterocycles. The molecule has 0 amide bonds. The Kier molecular flexibility index (Phi) is 8.20. The molecule has 192 valence electrons. The Morgan fingerprint density at radius 1 is 1.24 bits per heavy atom. The molecule has 0 saturated heterocycles. The molecule has 2 aromatic carbocycles. The largest absolute Gasteiger partial charge is 0.493 e. The third kappa shape index (κ3) is 5.51. The fourth-order valence-electron chi connectivity index (χ4n) is 3.97. The lowest BCUT2D eigenvalue weighted by Gasteiger charge is -2.24. The Labute approximate surface area is 235 Å². The van der Waals surface area contributed by atoms with Crippen LogP contribution >= 0.6 is 45.5 Å². The van der Waals surface area contributed by atoms with Gasteiger partial charge in [-0.25, -0.2) is 9.79 Å². The van der Waals surface area contributed by atoms with Crippen molar-refractivity contribution in [2.45, 2.75) is 26.8 Å². The molecule has 0 radical (unpaired) electrons. The van der Waals surface area contributed by atoms with Crippen LogP contribution in [0.2, 0.25) is 5.02 Å². The Morgan fingerprint density at radius 3 is 2.57 bits per heavy atom. The van der Waals surface area contributed by atoms with Gasteiger partial charge in [0, 0.05) is 11.9 Å². The number of fused-ring (bicyclic) bond motifs is 1. The lowest BCUT2D eigenvalue weighted by Crippen LogP contribution is -2.39. The van der Waals surface area contributed by atoms with Gasteiger partial charge in [-0.15, -0.1) is 0 Å². The SMILES string of the molecule is CCOC(=O)C1=C(C)N=c2s/c(=C\c3cc(I)c(OC(C)=O)c(OC)c3)c(=O)n2[C@H]1c1ccc(Cl)cc1. The van der Waals surface area contributed by atoms with Crippen LogP contribution in [-0.4, -0.2) is 30.2 Å². The van der Waals surface area contributed by atoms with Crippen molar-refractivity contribution in [2.75, 3.05) is 13.7 Å². The maximum atomic E-state index is 13.7. The van der Waals surface area contributed by atoms with Crippen LogP contribution in [0.15, 0.2) is 57.5 Å². The van der Waals surface area contributed by atoms with Crippen LogP contribution < -0.4 is 24.4 Å². The van der Waals surface area contributed by atoms with Crippen molar-refractivity contribution in [2.24, 2.45) is 4.99 Å². The first kappa shape index (κ1) is 27.1. The van der Waals surface area contributed by atoms with Gasteiger partial charge in [0.25, 0.3) is 5.56 Å². The molecule has 0 aliphatic carbocycles. The van der Waals surface area contributed by atoms with Gasteiger partial charge in [0.05, 0.1) is 39.1 Å². The zero-order chi connectivity index (χ0) is 26.9. The van der Waals surface area contributed by atoms with Crippen molar-refractivity contribution in [3.05, 3.63) is 87.1 Å². The van der Waals surface area contributed by atoms with Gasteiger partial charge in [0.15, 0.2) is 16.3 Å². The molecule has 1 aromatic heterocycles. The summed E-state index contributed by atoms with van der Waals surface area (Å²) in [5, 5.41) is 0.537. The molecule has 4 rings (SSSR count).